The van der Waals surface area contributed by atoms with Crippen molar-refractivity contribution in [2.45, 2.75) is 13.1 Å². The van der Waals surface area contributed by atoms with Crippen LogP contribution in [0.1, 0.15) is 0 Å². The van der Waals surface area contributed by atoms with Crippen LogP contribution in [0.5, 0.6) is 0 Å². The van der Waals surface area contributed by atoms with E-state index in [-0.39, 0.29) is 0 Å². The summed E-state index contributed by atoms with van der Waals surface area (Å²) in [5.41, 5.74) is 2.86. The molecule has 5 rings (SSSR count). The van der Waals surface area contributed by atoms with Gasteiger partial charge < -0.3 is 0 Å². The van der Waals surface area contributed by atoms with E-state index in [1.165, 1.54) is 32.7 Å². The van der Waals surface area contributed by atoms with Crippen molar-refractivity contribution in [3.8, 4) is 11.1 Å². The fraction of sp³-hybridized carbons (Fsp3) is 0.0909. The van der Waals surface area contributed by atoms with E-state index in [9.17, 15) is 0 Å². The summed E-state index contributed by atoms with van der Waals surface area (Å²) in [7, 11) is -1.68. The Bertz CT molecular complexity index is 1080. The maximum atomic E-state index is 2.49. The van der Waals surface area contributed by atoms with E-state index in [0.717, 1.165) is 0 Å². The molecule has 0 saturated heterocycles. The van der Waals surface area contributed by atoms with E-state index in [1.807, 2.05) is 0 Å². The molecule has 23 heavy (non-hydrogen) atoms. The molecule has 1 aliphatic rings. The lowest BCUT2D eigenvalue weighted by molar-refractivity contribution is 1.65. The first kappa shape index (κ1) is 13.1. The Morgan fingerprint density at radius 2 is 1.22 bits per heavy atom. The molecular formula is C22H18Si. The van der Waals surface area contributed by atoms with Crippen LogP contribution in [-0.4, -0.2) is 8.07 Å². The third kappa shape index (κ3) is 1.66. The van der Waals surface area contributed by atoms with Gasteiger partial charge in [-0.05, 0) is 49.1 Å². The Balaban J connectivity index is 2.02. The molecular weight excluding hydrogens is 292 g/mol. The molecule has 1 aliphatic heterocycles. The summed E-state index contributed by atoms with van der Waals surface area (Å²) < 4.78 is 0. The molecule has 0 fully saturated rings. The van der Waals surface area contributed by atoms with Crippen LogP contribution < -0.4 is 10.4 Å². The number of hydrogen-bond donors (Lipinski definition) is 0. The third-order valence-electron chi connectivity index (χ3n) is 5.43. The summed E-state index contributed by atoms with van der Waals surface area (Å²) in [5, 5.41) is 8.70. The topological polar surface area (TPSA) is 0 Å². The van der Waals surface area contributed by atoms with Crippen LogP contribution in [-0.2, 0) is 0 Å². The average Bonchev–Trinajstić information content (AvgIpc) is 2.58. The van der Waals surface area contributed by atoms with Crippen molar-refractivity contribution in [3.63, 3.8) is 0 Å². The van der Waals surface area contributed by atoms with Crippen molar-refractivity contribution in [1.29, 1.82) is 0 Å². The first-order chi connectivity index (χ1) is 11.2. The highest BCUT2D eigenvalue weighted by atomic mass is 28.3. The predicted octanol–water partition coefficient (Wildman–Crippen LogP) is 4.80. The van der Waals surface area contributed by atoms with Gasteiger partial charge in [-0.3, -0.25) is 0 Å². The smallest absolute Gasteiger partial charge is 0.0619 e. The van der Waals surface area contributed by atoms with Crippen molar-refractivity contribution in [3.05, 3.63) is 72.8 Å². The molecule has 0 bridgehead atoms. The molecule has 0 saturated carbocycles. The normalized spacial score (nSPS) is 14.9. The fourth-order valence-electron chi connectivity index (χ4n) is 4.21. The third-order valence-corrected chi connectivity index (χ3v) is 8.95. The molecule has 0 radical (unpaired) electrons. The van der Waals surface area contributed by atoms with E-state index in [2.05, 4.69) is 85.9 Å². The van der Waals surface area contributed by atoms with Gasteiger partial charge in [0.25, 0.3) is 0 Å². The molecule has 0 amide bonds. The highest BCUT2D eigenvalue weighted by molar-refractivity contribution is 7.03. The van der Waals surface area contributed by atoms with Gasteiger partial charge in [0.2, 0.25) is 0 Å². The van der Waals surface area contributed by atoms with Crippen molar-refractivity contribution in [1.82, 2.24) is 0 Å². The summed E-state index contributed by atoms with van der Waals surface area (Å²) >= 11 is 0. The Labute approximate surface area is 137 Å². The molecule has 0 atom stereocenters. The quantitative estimate of drug-likeness (QED) is 0.409. The van der Waals surface area contributed by atoms with Gasteiger partial charge in [0, 0.05) is 0 Å². The SMILES string of the molecule is C[Si]1(C)c2cc3ccccc3cc2-c2cccc3cccc1c23. The zero-order chi connectivity index (χ0) is 15.6. The first-order valence-electron chi connectivity index (χ1n) is 8.22. The van der Waals surface area contributed by atoms with Crippen LogP contribution in [0.25, 0.3) is 32.7 Å². The highest BCUT2D eigenvalue weighted by Gasteiger charge is 2.35. The zero-order valence-electron chi connectivity index (χ0n) is 13.4. The van der Waals surface area contributed by atoms with Gasteiger partial charge in [0.1, 0.15) is 8.07 Å². The predicted molar refractivity (Wildman–Crippen MR) is 104 cm³/mol. The molecule has 110 valence electrons. The van der Waals surface area contributed by atoms with Gasteiger partial charge in [0.05, 0.1) is 0 Å². The standard InChI is InChI=1S/C22H18Si/c1-23(2)20-12-6-10-15-9-5-11-18(22(15)20)19-13-16-7-3-4-8-17(16)14-21(19)23/h3-14H,1-2H3. The van der Waals surface area contributed by atoms with E-state index >= 15 is 0 Å². The molecule has 0 aromatic heterocycles. The van der Waals surface area contributed by atoms with Crippen LogP contribution >= 0.6 is 0 Å². The Hall–Kier alpha value is -2.38. The van der Waals surface area contributed by atoms with Crippen LogP contribution in [0.3, 0.4) is 0 Å². The summed E-state index contributed by atoms with van der Waals surface area (Å²) in [5.74, 6) is 0. The van der Waals surface area contributed by atoms with Gasteiger partial charge in [-0.25, -0.2) is 0 Å². The summed E-state index contributed by atoms with van der Waals surface area (Å²) in [6.45, 7) is 4.98. The number of rotatable bonds is 0. The van der Waals surface area contributed by atoms with Gasteiger partial charge in [-0.2, -0.15) is 0 Å². The molecule has 4 aromatic rings. The van der Waals surface area contributed by atoms with Gasteiger partial charge >= 0.3 is 0 Å². The minimum Gasteiger partial charge on any atom is -0.0619 e. The summed E-state index contributed by atoms with van der Waals surface area (Å²) in [4.78, 5) is 0. The van der Waals surface area contributed by atoms with Crippen molar-refractivity contribution in [2.75, 3.05) is 0 Å². The number of benzene rings is 4. The Kier molecular flexibility index (Phi) is 2.47. The van der Waals surface area contributed by atoms with E-state index in [4.69, 9.17) is 0 Å². The van der Waals surface area contributed by atoms with Crippen molar-refractivity contribution < 1.29 is 0 Å². The molecule has 0 unspecified atom stereocenters. The Morgan fingerprint density at radius 3 is 2.00 bits per heavy atom. The first-order valence-corrected chi connectivity index (χ1v) is 11.2. The minimum absolute atomic E-state index is 1.34. The summed E-state index contributed by atoms with van der Waals surface area (Å²) in [6.07, 6.45) is 0. The van der Waals surface area contributed by atoms with E-state index < -0.39 is 8.07 Å². The lowest BCUT2D eigenvalue weighted by atomic mass is 9.95. The molecule has 0 nitrogen and oxygen atoms in total. The second-order valence-corrected chi connectivity index (χ2v) is 11.4. The number of fused-ring (bicyclic) bond motifs is 3. The van der Waals surface area contributed by atoms with Crippen molar-refractivity contribution >= 4 is 40.0 Å². The molecule has 0 aliphatic carbocycles. The molecule has 1 heterocycles. The molecule has 1 heteroatoms. The second-order valence-electron chi connectivity index (χ2n) is 7.08. The molecule has 0 spiro atoms. The maximum absolute atomic E-state index is 2.49. The van der Waals surface area contributed by atoms with E-state index in [1.54, 1.807) is 10.4 Å². The van der Waals surface area contributed by atoms with Gasteiger partial charge in [-0.1, -0.05) is 79.8 Å². The lowest BCUT2D eigenvalue weighted by Gasteiger charge is -2.33. The monoisotopic (exact) mass is 310 g/mol. The van der Waals surface area contributed by atoms with Gasteiger partial charge in [-0.15, -0.1) is 0 Å². The van der Waals surface area contributed by atoms with Crippen LogP contribution in [0, 0.1) is 0 Å². The average molecular weight is 310 g/mol. The van der Waals surface area contributed by atoms with E-state index in [0.29, 0.717) is 0 Å². The van der Waals surface area contributed by atoms with Crippen LogP contribution in [0.2, 0.25) is 13.1 Å². The second kappa shape index (κ2) is 4.33. The highest BCUT2D eigenvalue weighted by Crippen LogP contribution is 2.35. The zero-order valence-corrected chi connectivity index (χ0v) is 14.4. The fourth-order valence-corrected chi connectivity index (χ4v) is 7.32. The lowest BCUT2D eigenvalue weighted by Crippen LogP contribution is -2.55. The Morgan fingerprint density at radius 1 is 0.565 bits per heavy atom. The molecule has 0 N–H and O–H groups in total. The molecule has 4 aromatic carbocycles. The van der Waals surface area contributed by atoms with Crippen LogP contribution in [0.4, 0.5) is 0 Å². The van der Waals surface area contributed by atoms with Gasteiger partial charge in [0.15, 0.2) is 0 Å². The van der Waals surface area contributed by atoms with Crippen LogP contribution in [0.15, 0.2) is 72.8 Å². The summed E-state index contributed by atoms with van der Waals surface area (Å²) in [6, 6.07) is 27.2. The largest absolute Gasteiger partial charge is 0.113 e. The maximum Gasteiger partial charge on any atom is 0.113 e. The van der Waals surface area contributed by atoms with Crippen molar-refractivity contribution in [2.24, 2.45) is 0 Å². The minimum atomic E-state index is -1.68. The number of hydrogen-bond acceptors (Lipinski definition) is 0.